The molecular formula is C15H18FN3O2. The smallest absolute Gasteiger partial charge is 0.306 e. The van der Waals surface area contributed by atoms with Crippen molar-refractivity contribution >= 4 is 0 Å². The molecule has 2 rings (SSSR count). The average molecular weight is 291 g/mol. The molecule has 0 fully saturated rings. The first kappa shape index (κ1) is 15.2. The second-order valence-electron chi connectivity index (χ2n) is 5.07. The third-order valence-corrected chi connectivity index (χ3v) is 3.49. The van der Waals surface area contributed by atoms with E-state index in [0.29, 0.717) is 12.1 Å². The Morgan fingerprint density at radius 2 is 1.81 bits per heavy atom. The van der Waals surface area contributed by atoms with E-state index in [2.05, 4.69) is 5.32 Å². The molecule has 2 aromatic rings. The Morgan fingerprint density at radius 3 is 2.43 bits per heavy atom. The lowest BCUT2D eigenvalue weighted by Crippen LogP contribution is -2.39. The number of nitrogens with zero attached hydrogens (tertiary/aromatic N) is 2. The highest BCUT2D eigenvalue weighted by Crippen LogP contribution is 2.13. The number of benzene rings is 1. The van der Waals surface area contributed by atoms with Crippen LogP contribution in [0.4, 0.5) is 4.39 Å². The predicted octanol–water partition coefficient (Wildman–Crippen LogP) is 1.07. The third-order valence-electron chi connectivity index (χ3n) is 3.49. The molecule has 5 nitrogen and oxygen atoms in total. The molecule has 112 valence electrons. The molecule has 0 spiro atoms. The van der Waals surface area contributed by atoms with E-state index in [1.165, 1.54) is 29.9 Å². The van der Waals surface area contributed by atoms with E-state index < -0.39 is 0 Å². The van der Waals surface area contributed by atoms with E-state index >= 15 is 0 Å². The molecule has 21 heavy (non-hydrogen) atoms. The van der Waals surface area contributed by atoms with Gasteiger partial charge in [-0.2, -0.15) is 0 Å². The van der Waals surface area contributed by atoms with E-state index in [9.17, 15) is 14.0 Å². The lowest BCUT2D eigenvalue weighted by Gasteiger charge is -2.14. The van der Waals surface area contributed by atoms with Crippen molar-refractivity contribution in [1.82, 2.24) is 14.5 Å². The van der Waals surface area contributed by atoms with Gasteiger partial charge in [-0.05, 0) is 24.6 Å². The molecule has 0 saturated carbocycles. The van der Waals surface area contributed by atoms with E-state index in [4.69, 9.17) is 0 Å². The zero-order valence-electron chi connectivity index (χ0n) is 12.3. The highest BCUT2D eigenvalue weighted by Gasteiger charge is 2.09. The summed E-state index contributed by atoms with van der Waals surface area (Å²) in [7, 11) is 3.06. The van der Waals surface area contributed by atoms with Crippen molar-refractivity contribution in [1.29, 1.82) is 0 Å². The van der Waals surface area contributed by atoms with Gasteiger partial charge in [0.1, 0.15) is 5.82 Å². The third kappa shape index (κ3) is 3.28. The zero-order valence-corrected chi connectivity index (χ0v) is 12.3. The van der Waals surface area contributed by atoms with Gasteiger partial charge in [0.05, 0.1) is 0 Å². The van der Waals surface area contributed by atoms with Crippen molar-refractivity contribution in [2.45, 2.75) is 19.5 Å². The minimum absolute atomic E-state index is 0.0347. The van der Waals surface area contributed by atoms with Gasteiger partial charge in [0.2, 0.25) is 0 Å². The van der Waals surface area contributed by atoms with E-state index in [1.54, 1.807) is 19.2 Å². The van der Waals surface area contributed by atoms with Gasteiger partial charge in [-0.15, -0.1) is 0 Å². The van der Waals surface area contributed by atoms with Crippen molar-refractivity contribution in [3.63, 3.8) is 0 Å². The summed E-state index contributed by atoms with van der Waals surface area (Å²) in [4.78, 5) is 23.6. The van der Waals surface area contributed by atoms with Crippen LogP contribution in [-0.2, 0) is 20.6 Å². The first-order valence-corrected chi connectivity index (χ1v) is 6.64. The fourth-order valence-electron chi connectivity index (χ4n) is 2.14. The standard InChI is InChI=1S/C15H18FN3O2/c1-10(11-4-6-13(16)7-5-11)17-8-12-9-18(2)15(21)19(3)14(12)20/h4-7,9-10,17H,8H2,1-3H3/t10-/m1/s1. The zero-order chi connectivity index (χ0) is 15.6. The summed E-state index contributed by atoms with van der Waals surface area (Å²) in [6.07, 6.45) is 1.54. The average Bonchev–Trinajstić information content (AvgIpc) is 2.48. The second-order valence-corrected chi connectivity index (χ2v) is 5.07. The maximum Gasteiger partial charge on any atom is 0.330 e. The number of aromatic nitrogens is 2. The number of nitrogens with one attached hydrogen (secondary N) is 1. The molecule has 0 unspecified atom stereocenters. The molecule has 1 aromatic heterocycles. The van der Waals surface area contributed by atoms with Crippen LogP contribution < -0.4 is 16.6 Å². The van der Waals surface area contributed by atoms with Gasteiger partial charge in [-0.3, -0.25) is 9.36 Å². The maximum atomic E-state index is 12.9. The molecule has 0 aliphatic carbocycles. The van der Waals surface area contributed by atoms with Gasteiger partial charge in [0.25, 0.3) is 5.56 Å². The summed E-state index contributed by atoms with van der Waals surface area (Å²) >= 11 is 0. The number of rotatable bonds is 4. The minimum Gasteiger partial charge on any atom is -0.306 e. The van der Waals surface area contributed by atoms with Crippen LogP contribution >= 0.6 is 0 Å². The lowest BCUT2D eigenvalue weighted by atomic mass is 10.1. The summed E-state index contributed by atoms with van der Waals surface area (Å²) in [5.74, 6) is -0.280. The number of hydrogen-bond acceptors (Lipinski definition) is 3. The minimum atomic E-state index is -0.352. The Bertz CT molecular complexity index is 747. The summed E-state index contributed by atoms with van der Waals surface area (Å²) in [5.41, 5.74) is 0.777. The van der Waals surface area contributed by atoms with Crippen LogP contribution in [0.15, 0.2) is 40.1 Å². The Balaban J connectivity index is 2.15. The molecule has 0 bridgehead atoms. The number of halogens is 1. The first-order valence-electron chi connectivity index (χ1n) is 6.64. The maximum absolute atomic E-state index is 12.9. The Morgan fingerprint density at radius 1 is 1.19 bits per heavy atom. The van der Waals surface area contributed by atoms with Gasteiger partial charge in [-0.25, -0.2) is 9.18 Å². The summed E-state index contributed by atoms with van der Waals surface area (Å²) < 4.78 is 15.3. The van der Waals surface area contributed by atoms with Gasteiger partial charge in [0.15, 0.2) is 0 Å². The van der Waals surface area contributed by atoms with E-state index in [1.807, 2.05) is 6.92 Å². The molecule has 1 N–H and O–H groups in total. The first-order chi connectivity index (χ1) is 9.90. The van der Waals surface area contributed by atoms with Crippen LogP contribution in [-0.4, -0.2) is 9.13 Å². The van der Waals surface area contributed by atoms with Crippen LogP contribution in [0.1, 0.15) is 24.1 Å². The quantitative estimate of drug-likeness (QED) is 0.917. The Kier molecular flexibility index (Phi) is 4.37. The molecule has 0 saturated heterocycles. The van der Waals surface area contributed by atoms with Crippen LogP contribution in [0.3, 0.4) is 0 Å². The molecule has 0 aliphatic heterocycles. The van der Waals surface area contributed by atoms with Crippen LogP contribution in [0.25, 0.3) is 0 Å². The monoisotopic (exact) mass is 291 g/mol. The summed E-state index contributed by atoms with van der Waals surface area (Å²) in [6, 6.07) is 6.17. The highest BCUT2D eigenvalue weighted by molar-refractivity contribution is 5.19. The molecule has 6 heteroatoms. The van der Waals surface area contributed by atoms with E-state index in [-0.39, 0.29) is 23.1 Å². The van der Waals surface area contributed by atoms with Crippen LogP contribution in [0, 0.1) is 5.82 Å². The second kappa shape index (κ2) is 6.05. The predicted molar refractivity (Wildman–Crippen MR) is 78.6 cm³/mol. The Hall–Kier alpha value is -2.21. The van der Waals surface area contributed by atoms with Crippen molar-refractivity contribution in [2.24, 2.45) is 14.1 Å². The molecule has 1 atom stereocenters. The van der Waals surface area contributed by atoms with E-state index in [0.717, 1.165) is 10.1 Å². The normalized spacial score (nSPS) is 12.4. The molecule has 1 heterocycles. The van der Waals surface area contributed by atoms with Gasteiger partial charge in [0, 0.05) is 38.4 Å². The SMILES string of the molecule is C[C@@H](NCc1cn(C)c(=O)n(C)c1=O)c1ccc(F)cc1. The van der Waals surface area contributed by atoms with Gasteiger partial charge >= 0.3 is 5.69 Å². The lowest BCUT2D eigenvalue weighted by molar-refractivity contribution is 0.556. The summed E-state index contributed by atoms with van der Waals surface area (Å²) in [6.45, 7) is 2.26. The fourth-order valence-corrected chi connectivity index (χ4v) is 2.14. The Labute approximate surface area is 121 Å². The fraction of sp³-hybridized carbons (Fsp3) is 0.333. The molecule has 0 radical (unpaired) electrons. The van der Waals surface area contributed by atoms with Crippen molar-refractivity contribution in [3.05, 3.63) is 68.2 Å². The van der Waals surface area contributed by atoms with Crippen molar-refractivity contribution in [3.8, 4) is 0 Å². The van der Waals surface area contributed by atoms with Gasteiger partial charge < -0.3 is 9.88 Å². The number of aryl methyl sites for hydroxylation is 1. The van der Waals surface area contributed by atoms with Gasteiger partial charge in [-0.1, -0.05) is 12.1 Å². The van der Waals surface area contributed by atoms with Crippen LogP contribution in [0.5, 0.6) is 0 Å². The number of hydrogen-bond donors (Lipinski definition) is 1. The molecule has 0 aliphatic rings. The molecular weight excluding hydrogens is 273 g/mol. The van der Waals surface area contributed by atoms with Crippen LogP contribution in [0.2, 0.25) is 0 Å². The highest BCUT2D eigenvalue weighted by atomic mass is 19.1. The topological polar surface area (TPSA) is 56.0 Å². The van der Waals surface area contributed by atoms with Crippen molar-refractivity contribution in [2.75, 3.05) is 0 Å². The van der Waals surface area contributed by atoms with Crippen molar-refractivity contribution < 1.29 is 4.39 Å². The largest absolute Gasteiger partial charge is 0.330 e. The summed E-state index contributed by atoms with van der Waals surface area (Å²) in [5, 5.41) is 3.20. The molecule has 1 aromatic carbocycles. The molecule has 0 amide bonds.